The molecule has 0 aliphatic carbocycles. The van der Waals surface area contributed by atoms with Gasteiger partial charge in [-0.25, -0.2) is 13.9 Å². The third-order valence-corrected chi connectivity index (χ3v) is 4.78. The number of piperidine rings is 1. The average Bonchev–Trinajstić information content (AvgIpc) is 3.06. The lowest BCUT2D eigenvalue weighted by Crippen LogP contribution is -2.38. The minimum Gasteiger partial charge on any atom is -0.462 e. The smallest absolute Gasteiger partial charge is 0.341 e. The minimum absolute atomic E-state index is 0.112. The van der Waals surface area contributed by atoms with E-state index in [-0.39, 0.29) is 24.2 Å². The van der Waals surface area contributed by atoms with Gasteiger partial charge < -0.3 is 10.5 Å². The Bertz CT molecular complexity index is 828. The molecule has 2 N–H and O–H groups in total. The molecule has 1 amide bonds. The summed E-state index contributed by atoms with van der Waals surface area (Å²) < 4.78 is 20.4. The second-order valence-electron chi connectivity index (χ2n) is 6.57. The van der Waals surface area contributed by atoms with E-state index in [9.17, 15) is 14.0 Å². The van der Waals surface area contributed by atoms with E-state index in [0.717, 1.165) is 0 Å². The number of hydrogen-bond acceptors (Lipinski definition) is 5. The summed E-state index contributed by atoms with van der Waals surface area (Å²) in [5, 5.41) is 4.29. The van der Waals surface area contributed by atoms with Crippen molar-refractivity contribution in [3.8, 4) is 5.69 Å². The fourth-order valence-electron chi connectivity index (χ4n) is 3.32. The van der Waals surface area contributed by atoms with E-state index in [4.69, 9.17) is 10.5 Å². The molecule has 0 spiro atoms. The molecule has 7 nitrogen and oxygen atoms in total. The number of aromatic nitrogens is 2. The molecule has 1 aliphatic heterocycles. The molecule has 8 heteroatoms. The number of likely N-dealkylation sites (tertiary alicyclic amines) is 1. The van der Waals surface area contributed by atoms with Gasteiger partial charge in [0.15, 0.2) is 0 Å². The first-order valence-corrected chi connectivity index (χ1v) is 9.01. The van der Waals surface area contributed by atoms with E-state index in [0.29, 0.717) is 49.4 Å². The van der Waals surface area contributed by atoms with Gasteiger partial charge in [0.1, 0.15) is 11.4 Å². The van der Waals surface area contributed by atoms with Gasteiger partial charge in [-0.05, 0) is 51.1 Å². The number of halogens is 1. The molecule has 0 bridgehead atoms. The van der Waals surface area contributed by atoms with Crippen LogP contribution in [0.15, 0.2) is 30.5 Å². The molecule has 1 fully saturated rings. The second kappa shape index (κ2) is 8.30. The van der Waals surface area contributed by atoms with E-state index in [1.54, 1.807) is 23.7 Å². The maximum absolute atomic E-state index is 13.7. The molecule has 2 heterocycles. The summed E-state index contributed by atoms with van der Waals surface area (Å²) in [4.78, 5) is 25.8. The Balaban J connectivity index is 1.88. The van der Waals surface area contributed by atoms with Gasteiger partial charge in [0.05, 0.1) is 24.2 Å². The topological polar surface area (TPSA) is 90.4 Å². The molecular formula is C19H23FN4O3. The number of esters is 1. The third-order valence-electron chi connectivity index (χ3n) is 4.78. The zero-order valence-corrected chi connectivity index (χ0v) is 15.2. The molecule has 2 aromatic rings. The average molecular weight is 374 g/mol. The summed E-state index contributed by atoms with van der Waals surface area (Å²) in [6, 6.07) is 6.05. The molecule has 1 aromatic carbocycles. The highest BCUT2D eigenvalue weighted by molar-refractivity contribution is 5.90. The van der Waals surface area contributed by atoms with E-state index in [1.807, 2.05) is 0 Å². The van der Waals surface area contributed by atoms with Gasteiger partial charge in [-0.1, -0.05) is 6.07 Å². The molecule has 0 radical (unpaired) electrons. The lowest BCUT2D eigenvalue weighted by molar-refractivity contribution is -0.123. The third kappa shape index (κ3) is 4.33. The molecule has 144 valence electrons. The number of benzene rings is 1. The summed E-state index contributed by atoms with van der Waals surface area (Å²) in [7, 11) is 0. The maximum Gasteiger partial charge on any atom is 0.341 e. The number of amides is 1. The summed E-state index contributed by atoms with van der Waals surface area (Å²) in [5.74, 6) is -1.22. The normalized spacial score (nSPS) is 15.6. The quantitative estimate of drug-likeness (QED) is 0.780. The van der Waals surface area contributed by atoms with Crippen molar-refractivity contribution in [3.63, 3.8) is 0 Å². The summed E-state index contributed by atoms with van der Waals surface area (Å²) in [5.41, 5.74) is 6.92. The van der Waals surface area contributed by atoms with Crippen LogP contribution in [-0.2, 0) is 16.1 Å². The largest absolute Gasteiger partial charge is 0.462 e. The molecule has 0 atom stereocenters. The highest BCUT2D eigenvalue weighted by atomic mass is 19.1. The van der Waals surface area contributed by atoms with E-state index < -0.39 is 5.97 Å². The molecule has 1 aliphatic rings. The van der Waals surface area contributed by atoms with Crippen molar-refractivity contribution >= 4 is 11.9 Å². The Kier molecular flexibility index (Phi) is 5.85. The van der Waals surface area contributed by atoms with Crippen molar-refractivity contribution in [3.05, 3.63) is 47.5 Å². The van der Waals surface area contributed by atoms with E-state index in [1.165, 1.54) is 18.3 Å². The maximum atomic E-state index is 13.7. The first-order chi connectivity index (χ1) is 13.0. The Morgan fingerprint density at radius 1 is 1.33 bits per heavy atom. The number of nitrogens with zero attached hydrogens (tertiary/aromatic N) is 3. The van der Waals surface area contributed by atoms with E-state index >= 15 is 0 Å². The fourth-order valence-corrected chi connectivity index (χ4v) is 3.32. The van der Waals surface area contributed by atoms with Gasteiger partial charge in [-0.3, -0.25) is 9.69 Å². The minimum atomic E-state index is -0.456. The lowest BCUT2D eigenvalue weighted by atomic mass is 9.96. The first-order valence-electron chi connectivity index (χ1n) is 9.01. The van der Waals surface area contributed by atoms with Crippen LogP contribution in [0.25, 0.3) is 5.69 Å². The number of hydrogen-bond donors (Lipinski definition) is 1. The predicted octanol–water partition coefficient (Wildman–Crippen LogP) is 1.89. The van der Waals surface area contributed by atoms with Gasteiger partial charge in [-0.2, -0.15) is 5.10 Å². The predicted molar refractivity (Wildman–Crippen MR) is 96.7 cm³/mol. The number of carbonyl (C=O) groups is 2. The second-order valence-corrected chi connectivity index (χ2v) is 6.57. The zero-order chi connectivity index (χ0) is 19.4. The molecule has 1 aromatic heterocycles. The van der Waals surface area contributed by atoms with Crippen molar-refractivity contribution in [1.82, 2.24) is 14.7 Å². The van der Waals surface area contributed by atoms with Crippen LogP contribution >= 0.6 is 0 Å². The molecule has 0 saturated carbocycles. The van der Waals surface area contributed by atoms with E-state index in [2.05, 4.69) is 10.00 Å². The van der Waals surface area contributed by atoms with Gasteiger partial charge in [0.25, 0.3) is 0 Å². The van der Waals surface area contributed by atoms with Crippen LogP contribution in [0.1, 0.15) is 35.8 Å². The molecule has 3 rings (SSSR count). The van der Waals surface area contributed by atoms with Crippen molar-refractivity contribution < 1.29 is 18.7 Å². The van der Waals surface area contributed by atoms with Crippen LogP contribution in [-0.4, -0.2) is 46.3 Å². The van der Waals surface area contributed by atoms with Crippen LogP contribution in [0.5, 0.6) is 0 Å². The van der Waals surface area contributed by atoms with Crippen LogP contribution in [0, 0.1) is 11.7 Å². The van der Waals surface area contributed by atoms with Crippen LogP contribution in [0.3, 0.4) is 0 Å². The summed E-state index contributed by atoms with van der Waals surface area (Å²) in [6.45, 7) is 3.81. The number of primary amides is 1. The number of nitrogens with two attached hydrogens (primary N) is 1. The van der Waals surface area contributed by atoms with Crippen LogP contribution in [0.4, 0.5) is 4.39 Å². The molecule has 27 heavy (non-hydrogen) atoms. The van der Waals surface area contributed by atoms with Gasteiger partial charge in [-0.15, -0.1) is 0 Å². The highest BCUT2D eigenvalue weighted by Gasteiger charge is 2.26. The SMILES string of the molecule is CCOC(=O)c1cnn(-c2cccc(F)c2)c1CN1CCC(C(N)=O)CC1. The van der Waals surface area contributed by atoms with Crippen molar-refractivity contribution in [2.24, 2.45) is 11.7 Å². The summed E-state index contributed by atoms with van der Waals surface area (Å²) >= 11 is 0. The Morgan fingerprint density at radius 3 is 2.70 bits per heavy atom. The summed E-state index contributed by atoms with van der Waals surface area (Å²) in [6.07, 6.45) is 2.81. The number of carbonyl (C=O) groups excluding carboxylic acids is 2. The van der Waals surface area contributed by atoms with Gasteiger partial charge in [0.2, 0.25) is 5.91 Å². The zero-order valence-electron chi connectivity index (χ0n) is 15.2. The van der Waals surface area contributed by atoms with Crippen LogP contribution < -0.4 is 5.73 Å². The first kappa shape index (κ1) is 19.0. The molecule has 0 unspecified atom stereocenters. The van der Waals surface area contributed by atoms with Crippen molar-refractivity contribution in [2.75, 3.05) is 19.7 Å². The van der Waals surface area contributed by atoms with Gasteiger partial charge in [0, 0.05) is 12.5 Å². The molecular weight excluding hydrogens is 351 g/mol. The standard InChI is InChI=1S/C19H23FN4O3/c1-2-27-19(26)16-11-22-24(15-5-3-4-14(20)10-15)17(16)12-23-8-6-13(7-9-23)18(21)25/h3-5,10-11,13H,2,6-9,12H2,1H3,(H2,21,25). The Morgan fingerprint density at radius 2 is 2.07 bits per heavy atom. The molecule has 1 saturated heterocycles. The monoisotopic (exact) mass is 374 g/mol. The fraction of sp³-hybridized carbons (Fsp3) is 0.421. The number of rotatable bonds is 6. The Hall–Kier alpha value is -2.74. The number of ether oxygens (including phenoxy) is 1. The van der Waals surface area contributed by atoms with Crippen molar-refractivity contribution in [2.45, 2.75) is 26.3 Å². The van der Waals surface area contributed by atoms with Crippen LogP contribution in [0.2, 0.25) is 0 Å². The van der Waals surface area contributed by atoms with Gasteiger partial charge >= 0.3 is 5.97 Å². The Labute approximate surface area is 156 Å². The lowest BCUT2D eigenvalue weighted by Gasteiger charge is -2.30. The highest BCUT2D eigenvalue weighted by Crippen LogP contribution is 2.23. The van der Waals surface area contributed by atoms with Crippen molar-refractivity contribution in [1.29, 1.82) is 0 Å².